The molecule has 5 nitrogen and oxygen atoms in total. The molecule has 2 rings (SSSR count). The van der Waals surface area contributed by atoms with Gasteiger partial charge in [-0.3, -0.25) is 14.4 Å². The number of hydrogen-bond acceptors (Lipinski definition) is 3. The summed E-state index contributed by atoms with van der Waals surface area (Å²) < 4.78 is 0. The molecule has 2 amide bonds. The Morgan fingerprint density at radius 2 is 2.06 bits per heavy atom. The van der Waals surface area contributed by atoms with E-state index in [0.29, 0.717) is 18.7 Å². The van der Waals surface area contributed by atoms with Crippen LogP contribution in [-0.2, 0) is 9.63 Å². The summed E-state index contributed by atoms with van der Waals surface area (Å²) in [5, 5.41) is 3.89. The van der Waals surface area contributed by atoms with E-state index in [0.717, 1.165) is 12.0 Å². The van der Waals surface area contributed by atoms with Crippen molar-refractivity contribution in [2.75, 3.05) is 19.7 Å². The van der Waals surface area contributed by atoms with Crippen molar-refractivity contribution in [2.24, 2.45) is 0 Å². The molecule has 1 aliphatic rings. The van der Waals surface area contributed by atoms with Gasteiger partial charge >= 0.3 is 0 Å². The van der Waals surface area contributed by atoms with Crippen LogP contribution in [0.1, 0.15) is 22.3 Å². The minimum absolute atomic E-state index is 0.0350. The molecule has 5 heteroatoms. The highest BCUT2D eigenvalue weighted by molar-refractivity contribution is 5.96. The zero-order valence-electron chi connectivity index (χ0n) is 10.3. The Balaban J connectivity index is 1.84. The molecule has 0 spiro atoms. The molecule has 1 N–H and O–H groups in total. The van der Waals surface area contributed by atoms with Gasteiger partial charge in [0.2, 0.25) is 0 Å². The number of aryl methyl sites for hydroxylation is 1. The van der Waals surface area contributed by atoms with E-state index in [4.69, 9.17) is 4.84 Å². The second-order valence-corrected chi connectivity index (χ2v) is 4.23. The molecular formula is C13H16N2O3. The number of carbonyl (C=O) groups is 2. The van der Waals surface area contributed by atoms with E-state index in [-0.39, 0.29) is 18.4 Å². The molecule has 96 valence electrons. The zero-order chi connectivity index (χ0) is 13.0. The summed E-state index contributed by atoms with van der Waals surface area (Å²) in [6, 6.07) is 7.20. The van der Waals surface area contributed by atoms with E-state index in [1.165, 1.54) is 5.06 Å². The predicted octanol–water partition coefficient (Wildman–Crippen LogP) is 0.889. The third-order valence-electron chi connectivity index (χ3n) is 2.74. The van der Waals surface area contributed by atoms with Gasteiger partial charge in [-0.05, 0) is 25.5 Å². The quantitative estimate of drug-likeness (QED) is 0.864. The van der Waals surface area contributed by atoms with E-state index in [1.54, 1.807) is 12.1 Å². The third kappa shape index (κ3) is 3.07. The number of nitrogens with one attached hydrogen (secondary N) is 1. The van der Waals surface area contributed by atoms with E-state index in [2.05, 4.69) is 5.32 Å². The van der Waals surface area contributed by atoms with Crippen molar-refractivity contribution in [3.05, 3.63) is 35.4 Å². The average molecular weight is 248 g/mol. The van der Waals surface area contributed by atoms with Crippen LogP contribution in [0.3, 0.4) is 0 Å². The normalized spacial score (nSPS) is 14.6. The lowest BCUT2D eigenvalue weighted by Gasteiger charge is -2.14. The third-order valence-corrected chi connectivity index (χ3v) is 2.74. The van der Waals surface area contributed by atoms with Gasteiger partial charge in [0.25, 0.3) is 11.8 Å². The Kier molecular flexibility index (Phi) is 3.94. The van der Waals surface area contributed by atoms with Crippen molar-refractivity contribution in [3.63, 3.8) is 0 Å². The molecule has 1 aromatic carbocycles. The molecule has 1 aromatic rings. The highest BCUT2D eigenvalue weighted by atomic mass is 16.7. The SMILES string of the molecule is Cc1ccc(C(=O)NCC(=O)N2CCCO2)cc1. The molecular weight excluding hydrogens is 232 g/mol. The molecule has 1 heterocycles. The van der Waals surface area contributed by atoms with Gasteiger partial charge < -0.3 is 5.32 Å². The van der Waals surface area contributed by atoms with Crippen LogP contribution in [-0.4, -0.2) is 36.6 Å². The largest absolute Gasteiger partial charge is 0.343 e. The molecule has 1 fully saturated rings. The Bertz CT molecular complexity index is 436. The first-order chi connectivity index (χ1) is 8.66. The Morgan fingerprint density at radius 1 is 1.33 bits per heavy atom. The Labute approximate surface area is 106 Å². The summed E-state index contributed by atoms with van der Waals surface area (Å²) in [6.07, 6.45) is 0.845. The summed E-state index contributed by atoms with van der Waals surface area (Å²) in [7, 11) is 0. The van der Waals surface area contributed by atoms with Crippen molar-refractivity contribution < 1.29 is 14.4 Å². The number of hydrogen-bond donors (Lipinski definition) is 1. The number of rotatable bonds is 3. The molecule has 0 aliphatic carbocycles. The lowest BCUT2D eigenvalue weighted by molar-refractivity contribution is -0.167. The van der Waals surface area contributed by atoms with Crippen molar-refractivity contribution in [3.8, 4) is 0 Å². The first kappa shape index (κ1) is 12.6. The lowest BCUT2D eigenvalue weighted by atomic mass is 10.1. The maximum Gasteiger partial charge on any atom is 0.265 e. The highest BCUT2D eigenvalue weighted by Crippen LogP contribution is 2.05. The van der Waals surface area contributed by atoms with Crippen LogP contribution in [0, 0.1) is 6.92 Å². The molecule has 0 aromatic heterocycles. The van der Waals surface area contributed by atoms with Crippen LogP contribution in [0.2, 0.25) is 0 Å². The standard InChI is InChI=1S/C13H16N2O3/c1-10-3-5-11(6-4-10)13(17)14-9-12(16)15-7-2-8-18-15/h3-6H,2,7-9H2,1H3,(H,14,17). The number of amides is 2. The number of hydroxylamine groups is 2. The average Bonchev–Trinajstić information content (AvgIpc) is 2.90. The van der Waals surface area contributed by atoms with E-state index in [9.17, 15) is 9.59 Å². The van der Waals surface area contributed by atoms with Crippen molar-refractivity contribution >= 4 is 11.8 Å². The molecule has 0 bridgehead atoms. The molecule has 0 atom stereocenters. The minimum Gasteiger partial charge on any atom is -0.343 e. The van der Waals surface area contributed by atoms with E-state index < -0.39 is 0 Å². The minimum atomic E-state index is -0.248. The van der Waals surface area contributed by atoms with Gasteiger partial charge in [-0.2, -0.15) is 0 Å². The number of nitrogens with zero attached hydrogens (tertiary/aromatic N) is 1. The maximum atomic E-state index is 11.8. The molecule has 18 heavy (non-hydrogen) atoms. The first-order valence-corrected chi connectivity index (χ1v) is 5.95. The smallest absolute Gasteiger partial charge is 0.265 e. The number of benzene rings is 1. The lowest BCUT2D eigenvalue weighted by Crippen LogP contribution is -2.38. The molecule has 1 aliphatic heterocycles. The van der Waals surface area contributed by atoms with Crippen LogP contribution in [0.15, 0.2) is 24.3 Å². The zero-order valence-corrected chi connectivity index (χ0v) is 10.3. The molecule has 0 unspecified atom stereocenters. The monoisotopic (exact) mass is 248 g/mol. The molecule has 1 saturated heterocycles. The van der Waals surface area contributed by atoms with E-state index >= 15 is 0 Å². The second-order valence-electron chi connectivity index (χ2n) is 4.23. The molecule has 0 saturated carbocycles. The molecule has 0 radical (unpaired) electrons. The topological polar surface area (TPSA) is 58.6 Å². The van der Waals surface area contributed by atoms with Crippen molar-refractivity contribution in [2.45, 2.75) is 13.3 Å². The first-order valence-electron chi connectivity index (χ1n) is 5.95. The van der Waals surface area contributed by atoms with Crippen molar-refractivity contribution in [1.29, 1.82) is 0 Å². The van der Waals surface area contributed by atoms with Gasteiger partial charge in [-0.25, -0.2) is 5.06 Å². The fraction of sp³-hybridized carbons (Fsp3) is 0.385. The summed E-state index contributed by atoms with van der Waals surface area (Å²) in [4.78, 5) is 28.5. The van der Waals surface area contributed by atoms with Crippen molar-refractivity contribution in [1.82, 2.24) is 10.4 Å². The van der Waals surface area contributed by atoms with Crippen LogP contribution in [0.25, 0.3) is 0 Å². The Hall–Kier alpha value is -1.88. The van der Waals surface area contributed by atoms with E-state index in [1.807, 2.05) is 19.1 Å². The predicted molar refractivity (Wildman–Crippen MR) is 65.8 cm³/mol. The van der Waals surface area contributed by atoms with Gasteiger partial charge in [-0.15, -0.1) is 0 Å². The van der Waals surface area contributed by atoms with Gasteiger partial charge in [0.15, 0.2) is 0 Å². The second kappa shape index (κ2) is 5.64. The van der Waals surface area contributed by atoms with Crippen LogP contribution < -0.4 is 5.32 Å². The van der Waals surface area contributed by atoms with Gasteiger partial charge in [0, 0.05) is 5.56 Å². The van der Waals surface area contributed by atoms with Crippen LogP contribution in [0.5, 0.6) is 0 Å². The van der Waals surface area contributed by atoms with Gasteiger partial charge in [0.05, 0.1) is 19.7 Å². The Morgan fingerprint density at radius 3 is 2.67 bits per heavy atom. The summed E-state index contributed by atoms with van der Waals surface area (Å²) in [5.41, 5.74) is 1.64. The number of carbonyl (C=O) groups excluding carboxylic acids is 2. The van der Waals surface area contributed by atoms with Gasteiger partial charge in [-0.1, -0.05) is 17.7 Å². The maximum absolute atomic E-state index is 11.8. The van der Waals surface area contributed by atoms with Gasteiger partial charge in [0.1, 0.15) is 0 Å². The highest BCUT2D eigenvalue weighted by Gasteiger charge is 2.19. The van der Waals surface area contributed by atoms with Crippen LogP contribution in [0.4, 0.5) is 0 Å². The fourth-order valence-electron chi connectivity index (χ4n) is 1.70. The van der Waals surface area contributed by atoms with Crippen LogP contribution >= 0.6 is 0 Å². The summed E-state index contributed by atoms with van der Waals surface area (Å²) >= 11 is 0. The summed E-state index contributed by atoms with van der Waals surface area (Å²) in [5.74, 6) is -0.462. The summed E-state index contributed by atoms with van der Waals surface area (Å²) in [6.45, 7) is 3.08. The fourth-order valence-corrected chi connectivity index (χ4v) is 1.70.